The van der Waals surface area contributed by atoms with E-state index in [1.807, 2.05) is 26.1 Å². The quantitative estimate of drug-likeness (QED) is 0.0333. The molecule has 0 bridgehead atoms. The fourth-order valence-electron chi connectivity index (χ4n) is 7.97. The summed E-state index contributed by atoms with van der Waals surface area (Å²) in [5, 5.41) is 0. The molecule has 0 aliphatic rings. The van der Waals surface area contributed by atoms with Gasteiger partial charge >= 0.3 is 0 Å². The summed E-state index contributed by atoms with van der Waals surface area (Å²) in [4.78, 5) is 13.5. The molecule has 61 heavy (non-hydrogen) atoms. The van der Waals surface area contributed by atoms with Crippen molar-refractivity contribution in [1.82, 2.24) is 4.98 Å². The maximum atomic E-state index is 6.69. The smallest absolute Gasteiger partial charge is 0.135 e. The van der Waals surface area contributed by atoms with Gasteiger partial charge in [0.25, 0.3) is 0 Å². The molecule has 0 amide bonds. The standard InChI is InChI=1S/C45H60N2O.C11H14N.Co/c1-3-4-5-6-7-8-9-10-11-12-13-14-15-16-17-18-19-26-34-48-45-43(39-28-22-20-23-29-39)35-42(36-44(45)40-30-24-21-25-31-40)47-38(2)41-32-27-33-46-37-41;1-5-12-11-9(3)6-8(2)7-10(11)4;/h20-25,27-33,35-37H,3-19,26,34H2,1-2H3;6-7H,1-4H3;/q;-1;. The van der Waals surface area contributed by atoms with Gasteiger partial charge in [-0.1, -0.05) is 220 Å². The molecule has 5 rings (SSSR count). The number of hydrogen-bond acceptors (Lipinski definition) is 4. The molecule has 0 aliphatic heterocycles. The minimum Gasteiger partial charge on any atom is -0.492 e. The zero-order chi connectivity index (χ0) is 42.6. The van der Waals surface area contributed by atoms with Crippen LogP contribution in [-0.4, -0.2) is 23.5 Å². The van der Waals surface area contributed by atoms with Crippen molar-refractivity contribution in [3.63, 3.8) is 0 Å². The zero-order valence-electron chi connectivity index (χ0n) is 38.4. The molecule has 0 unspecified atom stereocenters. The third-order valence-corrected chi connectivity index (χ3v) is 11.2. The fraction of sp³-hybridized carbons (Fsp3) is 0.446. The number of aromatic nitrogens is 1. The summed E-state index contributed by atoms with van der Waals surface area (Å²) >= 11 is 0. The van der Waals surface area contributed by atoms with Crippen molar-refractivity contribution in [3.05, 3.63) is 132 Å². The molecule has 0 saturated heterocycles. The van der Waals surface area contributed by atoms with Gasteiger partial charge in [0.2, 0.25) is 0 Å². The fourth-order valence-corrected chi connectivity index (χ4v) is 7.97. The Balaban J connectivity index is 0.000000656. The summed E-state index contributed by atoms with van der Waals surface area (Å²) in [7, 11) is 0. The van der Waals surface area contributed by atoms with Gasteiger partial charge in [0.15, 0.2) is 0 Å². The molecule has 0 fully saturated rings. The van der Waals surface area contributed by atoms with E-state index in [0.717, 1.165) is 63.7 Å². The Bertz CT molecular complexity index is 1890. The number of aryl methyl sites for hydroxylation is 3. The predicted octanol–water partition coefficient (Wildman–Crippen LogP) is 17.2. The number of aliphatic imine (C=N–C) groups is 2. The van der Waals surface area contributed by atoms with E-state index in [1.54, 1.807) is 6.20 Å². The van der Waals surface area contributed by atoms with Crippen molar-refractivity contribution in [2.75, 3.05) is 6.61 Å². The molecule has 4 nitrogen and oxygen atoms in total. The molecule has 329 valence electrons. The molecule has 1 radical (unpaired) electrons. The zero-order valence-corrected chi connectivity index (χ0v) is 39.5. The minimum absolute atomic E-state index is 0. The van der Waals surface area contributed by atoms with E-state index in [1.165, 1.54) is 126 Å². The Hall–Kier alpha value is -4.32. The van der Waals surface area contributed by atoms with E-state index in [2.05, 4.69) is 135 Å². The van der Waals surface area contributed by atoms with E-state index in [9.17, 15) is 0 Å². The van der Waals surface area contributed by atoms with Gasteiger partial charge in [-0.05, 0) is 49.6 Å². The van der Waals surface area contributed by atoms with Gasteiger partial charge in [0.1, 0.15) is 5.75 Å². The second-order valence-corrected chi connectivity index (χ2v) is 16.5. The number of hydrogen-bond donors (Lipinski definition) is 0. The molecule has 5 heteroatoms. The molecular weight excluding hydrogens is 790 g/mol. The van der Waals surface area contributed by atoms with Crippen LogP contribution in [0.15, 0.2) is 119 Å². The first-order valence-electron chi connectivity index (χ1n) is 23.2. The molecule has 1 heterocycles. The topological polar surface area (TPSA) is 46.8 Å². The molecule has 0 atom stereocenters. The number of rotatable bonds is 25. The van der Waals surface area contributed by atoms with Gasteiger partial charge in [-0.3, -0.25) is 9.98 Å². The van der Waals surface area contributed by atoms with Gasteiger partial charge in [0.05, 0.1) is 12.3 Å². The Morgan fingerprint density at radius 1 is 0.590 bits per heavy atom. The summed E-state index contributed by atoms with van der Waals surface area (Å²) in [5.74, 6) is 0.942. The Morgan fingerprint density at radius 3 is 1.48 bits per heavy atom. The van der Waals surface area contributed by atoms with Crippen LogP contribution in [0, 0.1) is 20.8 Å². The van der Waals surface area contributed by atoms with E-state index in [-0.39, 0.29) is 16.8 Å². The largest absolute Gasteiger partial charge is 0.492 e. The maximum Gasteiger partial charge on any atom is 0.135 e. The van der Waals surface area contributed by atoms with Crippen LogP contribution in [0.4, 0.5) is 11.4 Å². The van der Waals surface area contributed by atoms with Crippen molar-refractivity contribution < 1.29 is 21.5 Å². The summed E-state index contributed by atoms with van der Waals surface area (Å²) < 4.78 is 6.69. The Morgan fingerprint density at radius 2 is 1.05 bits per heavy atom. The Kier molecular flexibility index (Phi) is 25.7. The number of benzene rings is 4. The van der Waals surface area contributed by atoms with Crippen LogP contribution >= 0.6 is 0 Å². The van der Waals surface area contributed by atoms with Gasteiger partial charge in [-0.25, -0.2) is 0 Å². The summed E-state index contributed by atoms with van der Waals surface area (Å²) in [6.07, 6.45) is 31.3. The number of ether oxygens (including phenoxy) is 1. The third-order valence-electron chi connectivity index (χ3n) is 11.2. The van der Waals surface area contributed by atoms with Crippen LogP contribution < -0.4 is 4.74 Å². The van der Waals surface area contributed by atoms with Crippen LogP contribution in [-0.2, 0) is 16.8 Å². The Labute approximate surface area is 381 Å². The average Bonchev–Trinajstić information content (AvgIpc) is 3.27. The van der Waals surface area contributed by atoms with Crippen LogP contribution in [0.2, 0.25) is 0 Å². The van der Waals surface area contributed by atoms with Gasteiger partial charge in [-0.15, -0.1) is 18.1 Å². The molecule has 0 spiro atoms. The van der Waals surface area contributed by atoms with Gasteiger partial charge < -0.3 is 9.73 Å². The second kappa shape index (κ2) is 30.7. The molecule has 0 saturated carbocycles. The minimum atomic E-state index is 0. The summed E-state index contributed by atoms with van der Waals surface area (Å²) in [6.45, 7) is 13.1. The van der Waals surface area contributed by atoms with Crippen LogP contribution in [0.5, 0.6) is 5.75 Å². The number of unbranched alkanes of at least 4 members (excludes halogenated alkanes) is 17. The first-order valence-corrected chi connectivity index (χ1v) is 23.2. The normalized spacial score (nSPS) is 11.3. The van der Waals surface area contributed by atoms with Crippen molar-refractivity contribution in [3.8, 4) is 28.0 Å². The number of pyridine rings is 1. The van der Waals surface area contributed by atoms with E-state index < -0.39 is 0 Å². The van der Waals surface area contributed by atoms with Gasteiger partial charge in [-0.2, -0.15) is 6.21 Å². The maximum absolute atomic E-state index is 6.69. The number of nitrogens with zero attached hydrogens (tertiary/aromatic N) is 3. The predicted molar refractivity (Wildman–Crippen MR) is 261 cm³/mol. The molecule has 4 aromatic carbocycles. The van der Waals surface area contributed by atoms with E-state index in [4.69, 9.17) is 9.73 Å². The van der Waals surface area contributed by atoms with E-state index in [0.29, 0.717) is 0 Å². The summed E-state index contributed by atoms with van der Waals surface area (Å²) in [5.41, 5.74) is 12.1. The average molecular weight is 864 g/mol. The first-order chi connectivity index (χ1) is 29.4. The van der Waals surface area contributed by atoms with Gasteiger partial charge in [0, 0.05) is 51.6 Å². The van der Waals surface area contributed by atoms with Crippen molar-refractivity contribution >= 4 is 23.3 Å². The van der Waals surface area contributed by atoms with Crippen molar-refractivity contribution in [2.45, 2.75) is 157 Å². The second-order valence-electron chi connectivity index (χ2n) is 16.5. The molecule has 0 N–H and O–H groups in total. The molecule has 0 aliphatic carbocycles. The molecular formula is C56H74CoN3O-. The van der Waals surface area contributed by atoms with Crippen molar-refractivity contribution in [1.29, 1.82) is 0 Å². The van der Waals surface area contributed by atoms with E-state index >= 15 is 0 Å². The van der Waals surface area contributed by atoms with Crippen LogP contribution in [0.3, 0.4) is 0 Å². The molecule has 1 aromatic heterocycles. The SMILES string of the molecule is CCCCCCCCCCCCCCCCCCCCOc1c(-c2ccccc2)cc(N=C(C)c2cccnc2)cc1-c1ccccc1.C[C-]=Nc1c(C)cc(C)cc1C.[Co]. The van der Waals surface area contributed by atoms with Crippen LogP contribution in [0.25, 0.3) is 22.3 Å². The summed E-state index contributed by atoms with van der Waals surface area (Å²) in [6, 6.07) is 33.8. The third kappa shape index (κ3) is 19.1. The van der Waals surface area contributed by atoms with Crippen molar-refractivity contribution in [2.24, 2.45) is 9.98 Å². The first kappa shape index (κ1) is 51.0. The monoisotopic (exact) mass is 864 g/mol. The molecule has 5 aromatic rings. The van der Waals surface area contributed by atoms with Crippen LogP contribution in [0.1, 0.15) is 159 Å².